The maximum absolute atomic E-state index is 10.6. The summed E-state index contributed by atoms with van der Waals surface area (Å²) < 4.78 is 5.14. The fourth-order valence-corrected chi connectivity index (χ4v) is 0.949. The van der Waals surface area contributed by atoms with Gasteiger partial charge in [0.05, 0.1) is 0 Å². The molecular weight excluding hydrogens is 312 g/mol. The summed E-state index contributed by atoms with van der Waals surface area (Å²) in [7, 11) is 1.36. The van der Waals surface area contributed by atoms with Crippen LogP contribution in [0.4, 0.5) is 0 Å². The van der Waals surface area contributed by atoms with Gasteiger partial charge in [0.25, 0.3) is 0 Å². The molecule has 0 N–H and O–H groups in total. The molecule has 0 amide bonds. The molecule has 0 atom stereocenters. The Bertz CT molecular complexity index is 141. The van der Waals surface area contributed by atoms with Crippen molar-refractivity contribution >= 4 is 9.87 Å². The van der Waals surface area contributed by atoms with Gasteiger partial charge in [0.15, 0.2) is 0 Å². The number of hydrogen-bond donors (Lipinski definition) is 0. The van der Waals surface area contributed by atoms with Crippen molar-refractivity contribution in [2.45, 2.75) is 20.3 Å². The van der Waals surface area contributed by atoms with Crippen LogP contribution in [-0.4, -0.2) is 17.0 Å². The molecule has 0 spiro atoms. The van der Waals surface area contributed by atoms with Gasteiger partial charge in [0.2, 0.25) is 0 Å². The molecule has 0 rings (SSSR count). The van der Waals surface area contributed by atoms with E-state index in [2.05, 4.69) is 4.74 Å². The van der Waals surface area contributed by atoms with Gasteiger partial charge in [-0.05, 0) is 0 Å². The van der Waals surface area contributed by atoms with Gasteiger partial charge < -0.3 is 0 Å². The first-order valence-corrected chi connectivity index (χ1v) is 4.83. The average molecular weight is 325 g/mol. The van der Waals surface area contributed by atoms with E-state index in [-0.39, 0.29) is 5.97 Å². The van der Waals surface area contributed by atoms with E-state index in [9.17, 15) is 4.79 Å². The standard InChI is InChI=1S/C6H7O2.C2H6.W/c1-3-4-5-6(7)8-2;1-2;/h1,3H,4H2,2H3;1-2H3;/q-1;;. The van der Waals surface area contributed by atoms with Crippen molar-refractivity contribution in [1.29, 1.82) is 0 Å². The summed E-state index contributed by atoms with van der Waals surface area (Å²) in [6.45, 7) is 9.08. The molecule has 64 valence electrons. The van der Waals surface area contributed by atoms with Gasteiger partial charge in [-0.1, -0.05) is 13.8 Å². The SMILES string of the molecule is CC.[CH-]=CC[C](=[W])C(=O)OC. The predicted molar refractivity (Wildman–Crippen MR) is 41.9 cm³/mol. The van der Waals surface area contributed by atoms with Crippen molar-refractivity contribution < 1.29 is 28.9 Å². The van der Waals surface area contributed by atoms with Crippen LogP contribution in [0.25, 0.3) is 0 Å². The van der Waals surface area contributed by atoms with Gasteiger partial charge in [-0.25, -0.2) is 0 Å². The van der Waals surface area contributed by atoms with Crippen LogP contribution in [0.2, 0.25) is 0 Å². The molecule has 11 heavy (non-hydrogen) atoms. The van der Waals surface area contributed by atoms with E-state index >= 15 is 0 Å². The second-order valence-electron chi connectivity index (χ2n) is 1.35. The van der Waals surface area contributed by atoms with Crippen molar-refractivity contribution in [1.82, 2.24) is 0 Å². The van der Waals surface area contributed by atoms with Crippen molar-refractivity contribution in [3.8, 4) is 0 Å². The number of carbonyl (C=O) groups excluding carboxylic acids is 1. The zero-order chi connectivity index (χ0) is 9.28. The summed E-state index contributed by atoms with van der Waals surface area (Å²) in [4.78, 5) is 10.6. The monoisotopic (exact) mass is 325 g/mol. The predicted octanol–water partition coefficient (Wildman–Crippen LogP) is 1.28. The Morgan fingerprint density at radius 3 is 2.36 bits per heavy atom. The zero-order valence-corrected chi connectivity index (χ0v) is 10.0. The van der Waals surface area contributed by atoms with Gasteiger partial charge in [-0.2, -0.15) is 0 Å². The second kappa shape index (κ2) is 9.77. The van der Waals surface area contributed by atoms with Gasteiger partial charge in [-0.3, -0.25) is 0 Å². The molecule has 0 heterocycles. The minimum absolute atomic E-state index is 0.258. The number of hydrogen-bond acceptors (Lipinski definition) is 2. The molecule has 0 saturated carbocycles. The zero-order valence-electron chi connectivity index (χ0n) is 7.09. The first kappa shape index (κ1) is 13.4. The Morgan fingerprint density at radius 1 is 1.64 bits per heavy atom. The number of allylic oxidation sites excluding steroid dienone is 1. The summed E-state index contributed by atoms with van der Waals surface area (Å²) >= 11 is 1.11. The third-order valence-electron chi connectivity index (χ3n) is 0.716. The Hall–Kier alpha value is -0.232. The van der Waals surface area contributed by atoms with Gasteiger partial charge in [-0.15, -0.1) is 0 Å². The van der Waals surface area contributed by atoms with E-state index in [1.54, 1.807) is 0 Å². The number of methoxy groups -OCH3 is 1. The van der Waals surface area contributed by atoms with E-state index < -0.39 is 0 Å². The Balaban J connectivity index is 0. The molecule has 3 heteroatoms. The second-order valence-corrected chi connectivity index (χ2v) is 3.13. The number of ether oxygens (including phenoxy) is 1. The van der Waals surface area contributed by atoms with E-state index in [4.69, 9.17) is 6.58 Å². The molecule has 0 fully saturated rings. The van der Waals surface area contributed by atoms with Gasteiger partial charge in [0.1, 0.15) is 0 Å². The molecule has 0 unspecified atom stereocenters. The van der Waals surface area contributed by atoms with Crippen molar-refractivity contribution in [3.05, 3.63) is 12.7 Å². The van der Waals surface area contributed by atoms with Crippen LogP contribution in [-0.2, 0) is 28.9 Å². The van der Waals surface area contributed by atoms with Gasteiger partial charge in [0, 0.05) is 0 Å². The quantitative estimate of drug-likeness (QED) is 0.577. The third-order valence-corrected chi connectivity index (χ3v) is 1.91. The summed E-state index contributed by atoms with van der Waals surface area (Å²) in [5.41, 5.74) is 0. The van der Waals surface area contributed by atoms with Crippen LogP contribution >= 0.6 is 0 Å². The van der Waals surface area contributed by atoms with E-state index in [1.165, 1.54) is 13.2 Å². The Kier molecular flexibility index (Phi) is 11.9. The number of rotatable bonds is 3. The summed E-state index contributed by atoms with van der Waals surface area (Å²) in [5, 5.41) is 0. The Labute approximate surface area is 79.0 Å². The molecule has 0 aliphatic heterocycles. The summed E-state index contributed by atoms with van der Waals surface area (Å²) in [6, 6.07) is 0. The first-order chi connectivity index (χ1) is 5.22. The molecule has 0 saturated heterocycles. The van der Waals surface area contributed by atoms with E-state index in [0.717, 1.165) is 19.4 Å². The fourth-order valence-electron chi connectivity index (χ4n) is 0.304. The molecule has 2 nitrogen and oxygen atoms in total. The minimum atomic E-state index is -0.258. The first-order valence-electron chi connectivity index (χ1n) is 3.37. The normalized spacial score (nSPS) is 7.18. The molecule has 0 aromatic rings. The molecule has 0 aliphatic carbocycles. The molecule has 0 aromatic carbocycles. The van der Waals surface area contributed by atoms with Crippen molar-refractivity contribution in [3.63, 3.8) is 0 Å². The number of carbonyl (C=O) groups is 1. The summed E-state index contributed by atoms with van der Waals surface area (Å²) in [6.07, 6.45) is 1.97. The molecule has 0 aliphatic rings. The van der Waals surface area contributed by atoms with Crippen LogP contribution in [0.3, 0.4) is 0 Å². The van der Waals surface area contributed by atoms with Gasteiger partial charge >= 0.3 is 64.9 Å². The van der Waals surface area contributed by atoms with Crippen molar-refractivity contribution in [2.75, 3.05) is 7.11 Å². The van der Waals surface area contributed by atoms with Crippen LogP contribution in [0.15, 0.2) is 6.08 Å². The molecule has 0 aromatic heterocycles. The number of esters is 1. The Morgan fingerprint density at radius 2 is 2.09 bits per heavy atom. The third kappa shape index (κ3) is 7.67. The molecular formula is C8H13O2W-. The average Bonchev–Trinajstić information content (AvgIpc) is 2.07. The van der Waals surface area contributed by atoms with Crippen molar-refractivity contribution in [2.24, 2.45) is 0 Å². The van der Waals surface area contributed by atoms with Crippen LogP contribution in [0.1, 0.15) is 20.3 Å². The summed E-state index contributed by atoms with van der Waals surface area (Å²) in [5.74, 6) is -0.258. The van der Waals surface area contributed by atoms with Crippen LogP contribution < -0.4 is 0 Å². The fraction of sp³-hybridized carbons (Fsp3) is 0.500. The van der Waals surface area contributed by atoms with E-state index in [1.807, 2.05) is 13.8 Å². The van der Waals surface area contributed by atoms with Crippen LogP contribution in [0.5, 0.6) is 0 Å². The molecule has 0 radical (unpaired) electrons. The van der Waals surface area contributed by atoms with Crippen LogP contribution in [0, 0.1) is 6.58 Å². The molecule has 0 bridgehead atoms. The van der Waals surface area contributed by atoms with E-state index in [0.29, 0.717) is 10.3 Å². The maximum atomic E-state index is 10.6. The topological polar surface area (TPSA) is 26.3 Å².